The van der Waals surface area contributed by atoms with E-state index < -0.39 is 6.04 Å². The Hall–Kier alpha value is -3.51. The number of nitrogens with two attached hydrogens (primary N) is 1. The van der Waals surface area contributed by atoms with Crippen molar-refractivity contribution in [3.8, 4) is 0 Å². The second kappa shape index (κ2) is 9.39. The minimum absolute atomic E-state index is 0.0176. The van der Waals surface area contributed by atoms with E-state index in [1.54, 1.807) is 17.0 Å². The van der Waals surface area contributed by atoms with Gasteiger partial charge in [0.05, 0.1) is 11.7 Å². The van der Waals surface area contributed by atoms with Gasteiger partial charge in [0.2, 0.25) is 5.91 Å². The third-order valence-corrected chi connectivity index (χ3v) is 7.04. The lowest BCUT2D eigenvalue weighted by Crippen LogP contribution is -2.46. The van der Waals surface area contributed by atoms with Crippen molar-refractivity contribution < 1.29 is 9.59 Å². The monoisotopic (exact) mass is 454 g/mol. The smallest absolute Gasteiger partial charge is 0.273 e. The fourth-order valence-electron chi connectivity index (χ4n) is 5.22. The molecule has 1 aromatic heterocycles. The zero-order valence-electron chi connectivity index (χ0n) is 19.4. The molecule has 4 atom stereocenters. The molecule has 5 rings (SSSR count). The lowest BCUT2D eigenvalue weighted by Gasteiger charge is -2.25. The highest BCUT2D eigenvalue weighted by Crippen LogP contribution is 2.35. The summed E-state index contributed by atoms with van der Waals surface area (Å²) in [6, 6.07) is 22.8. The Labute approximate surface area is 200 Å². The van der Waals surface area contributed by atoms with E-state index in [4.69, 9.17) is 5.73 Å². The molecule has 2 heterocycles. The molecule has 0 spiro atoms. The normalized spacial score (nSPS) is 22.3. The standard InChI is InChI=1S/C28H30N4O2/c1-18(29)23-12-7-13-25(30-23)28(34)32-17-21(19-8-3-2-4-9-19)16-26(32)27(33)31-24-15-14-20-10-5-6-11-22(20)24/h2-13,18,21,24,26H,14-17,29H2,1H3,(H,31,33). The van der Waals surface area contributed by atoms with Crippen LogP contribution in [0.4, 0.5) is 0 Å². The fourth-order valence-corrected chi connectivity index (χ4v) is 5.22. The Morgan fingerprint density at radius 2 is 1.79 bits per heavy atom. The molecule has 3 aromatic rings. The number of carbonyl (C=O) groups excluding carboxylic acids is 2. The summed E-state index contributed by atoms with van der Waals surface area (Å²) in [6.07, 6.45) is 2.42. The molecule has 2 aliphatic rings. The van der Waals surface area contributed by atoms with Crippen LogP contribution >= 0.6 is 0 Å². The van der Waals surface area contributed by atoms with Crippen molar-refractivity contribution in [3.05, 3.63) is 101 Å². The van der Waals surface area contributed by atoms with Gasteiger partial charge in [0.25, 0.3) is 5.91 Å². The first-order valence-electron chi connectivity index (χ1n) is 12.0. The minimum atomic E-state index is -0.550. The number of hydrogen-bond acceptors (Lipinski definition) is 4. The van der Waals surface area contributed by atoms with Crippen molar-refractivity contribution in [1.29, 1.82) is 0 Å². The van der Waals surface area contributed by atoms with E-state index in [0.717, 1.165) is 18.4 Å². The summed E-state index contributed by atoms with van der Waals surface area (Å²) >= 11 is 0. The molecule has 0 radical (unpaired) electrons. The Bertz CT molecular complexity index is 1190. The molecule has 1 saturated heterocycles. The second-order valence-electron chi connectivity index (χ2n) is 9.35. The first-order valence-corrected chi connectivity index (χ1v) is 12.0. The molecule has 4 unspecified atom stereocenters. The summed E-state index contributed by atoms with van der Waals surface area (Å²) in [6.45, 7) is 2.32. The van der Waals surface area contributed by atoms with E-state index >= 15 is 0 Å². The lowest BCUT2D eigenvalue weighted by molar-refractivity contribution is -0.125. The van der Waals surface area contributed by atoms with Crippen molar-refractivity contribution in [2.75, 3.05) is 6.54 Å². The SMILES string of the molecule is CC(N)c1cccc(C(=O)N2CC(c3ccccc3)CC2C(=O)NC2CCc3ccccc32)n1. The summed E-state index contributed by atoms with van der Waals surface area (Å²) in [5, 5.41) is 3.24. The van der Waals surface area contributed by atoms with E-state index in [1.807, 2.05) is 43.3 Å². The Balaban J connectivity index is 1.41. The second-order valence-corrected chi connectivity index (χ2v) is 9.35. The van der Waals surface area contributed by atoms with Gasteiger partial charge >= 0.3 is 0 Å². The van der Waals surface area contributed by atoms with Crippen LogP contribution in [0.1, 0.15) is 70.6 Å². The maximum absolute atomic E-state index is 13.6. The largest absolute Gasteiger partial charge is 0.347 e. The molecular weight excluding hydrogens is 424 g/mol. The topological polar surface area (TPSA) is 88.3 Å². The van der Waals surface area contributed by atoms with Gasteiger partial charge < -0.3 is 16.0 Å². The van der Waals surface area contributed by atoms with E-state index in [9.17, 15) is 9.59 Å². The number of benzene rings is 2. The molecule has 1 aliphatic carbocycles. The summed E-state index contributed by atoms with van der Waals surface area (Å²) in [4.78, 5) is 33.3. The van der Waals surface area contributed by atoms with Crippen LogP contribution in [0.3, 0.4) is 0 Å². The highest BCUT2D eigenvalue weighted by atomic mass is 16.2. The highest BCUT2D eigenvalue weighted by Gasteiger charge is 2.41. The molecule has 1 aliphatic heterocycles. The van der Waals surface area contributed by atoms with Crippen molar-refractivity contribution in [1.82, 2.24) is 15.2 Å². The van der Waals surface area contributed by atoms with Crippen LogP contribution in [-0.4, -0.2) is 34.3 Å². The minimum Gasteiger partial charge on any atom is -0.347 e. The number of amides is 2. The van der Waals surface area contributed by atoms with Gasteiger partial charge in [0.15, 0.2) is 0 Å². The fraction of sp³-hybridized carbons (Fsp3) is 0.321. The van der Waals surface area contributed by atoms with Crippen LogP contribution in [0.2, 0.25) is 0 Å². The van der Waals surface area contributed by atoms with Gasteiger partial charge in [-0.05, 0) is 55.0 Å². The van der Waals surface area contributed by atoms with Crippen LogP contribution in [0.15, 0.2) is 72.8 Å². The number of nitrogens with zero attached hydrogens (tertiary/aromatic N) is 2. The number of aryl methyl sites for hydroxylation is 1. The number of hydrogen-bond donors (Lipinski definition) is 2. The van der Waals surface area contributed by atoms with Crippen molar-refractivity contribution in [3.63, 3.8) is 0 Å². The van der Waals surface area contributed by atoms with Crippen LogP contribution in [0.5, 0.6) is 0 Å². The molecule has 2 amide bonds. The van der Waals surface area contributed by atoms with Crippen molar-refractivity contribution in [2.24, 2.45) is 5.73 Å². The summed E-state index contributed by atoms with van der Waals surface area (Å²) < 4.78 is 0. The predicted molar refractivity (Wildman–Crippen MR) is 131 cm³/mol. The van der Waals surface area contributed by atoms with Crippen molar-refractivity contribution >= 4 is 11.8 Å². The molecule has 3 N–H and O–H groups in total. The van der Waals surface area contributed by atoms with Gasteiger partial charge in [0, 0.05) is 18.5 Å². The van der Waals surface area contributed by atoms with E-state index in [2.05, 4.69) is 34.6 Å². The molecular formula is C28H30N4O2. The molecule has 6 nitrogen and oxygen atoms in total. The zero-order valence-corrected chi connectivity index (χ0v) is 19.4. The maximum Gasteiger partial charge on any atom is 0.273 e. The zero-order chi connectivity index (χ0) is 23.7. The predicted octanol–water partition coefficient (Wildman–Crippen LogP) is 3.90. The van der Waals surface area contributed by atoms with Gasteiger partial charge in [-0.2, -0.15) is 0 Å². The number of rotatable bonds is 5. The van der Waals surface area contributed by atoms with Gasteiger partial charge in [-0.3, -0.25) is 9.59 Å². The van der Waals surface area contributed by atoms with Gasteiger partial charge in [-0.15, -0.1) is 0 Å². The Kier molecular flexibility index (Phi) is 6.16. The number of likely N-dealkylation sites (tertiary alicyclic amines) is 1. The highest BCUT2D eigenvalue weighted by molar-refractivity contribution is 5.97. The first-order chi connectivity index (χ1) is 16.5. The van der Waals surface area contributed by atoms with Crippen LogP contribution < -0.4 is 11.1 Å². The average Bonchev–Trinajstić information content (AvgIpc) is 3.49. The third-order valence-electron chi connectivity index (χ3n) is 7.04. The van der Waals surface area contributed by atoms with Gasteiger partial charge in [-0.25, -0.2) is 4.98 Å². The quantitative estimate of drug-likeness (QED) is 0.612. The molecule has 6 heteroatoms. The Morgan fingerprint density at radius 1 is 1.03 bits per heavy atom. The van der Waals surface area contributed by atoms with E-state index in [0.29, 0.717) is 24.4 Å². The Morgan fingerprint density at radius 3 is 2.59 bits per heavy atom. The van der Waals surface area contributed by atoms with Crippen LogP contribution in [0.25, 0.3) is 0 Å². The van der Waals surface area contributed by atoms with Crippen LogP contribution in [0, 0.1) is 0 Å². The first kappa shape index (κ1) is 22.3. The van der Waals surface area contributed by atoms with Crippen molar-refractivity contribution in [2.45, 2.75) is 50.2 Å². The van der Waals surface area contributed by atoms with E-state index in [1.165, 1.54) is 11.1 Å². The molecule has 1 fully saturated rings. The number of nitrogens with one attached hydrogen (secondary N) is 1. The summed E-state index contributed by atoms with van der Waals surface area (Å²) in [5.74, 6) is -0.238. The number of aromatic nitrogens is 1. The van der Waals surface area contributed by atoms with Gasteiger partial charge in [0.1, 0.15) is 11.7 Å². The maximum atomic E-state index is 13.6. The lowest BCUT2D eigenvalue weighted by atomic mass is 9.96. The molecule has 0 bridgehead atoms. The van der Waals surface area contributed by atoms with Crippen LogP contribution in [-0.2, 0) is 11.2 Å². The number of carbonyl (C=O) groups is 2. The number of fused-ring (bicyclic) bond motifs is 1. The molecule has 0 saturated carbocycles. The summed E-state index contributed by atoms with van der Waals surface area (Å²) in [5.41, 5.74) is 10.6. The third kappa shape index (κ3) is 4.33. The average molecular weight is 455 g/mol. The van der Waals surface area contributed by atoms with Gasteiger partial charge in [-0.1, -0.05) is 60.7 Å². The number of pyridine rings is 1. The van der Waals surface area contributed by atoms with E-state index in [-0.39, 0.29) is 29.8 Å². The molecule has 174 valence electrons. The molecule has 34 heavy (non-hydrogen) atoms. The summed E-state index contributed by atoms with van der Waals surface area (Å²) in [7, 11) is 0. The molecule has 2 aromatic carbocycles.